The van der Waals surface area contributed by atoms with E-state index >= 15 is 0 Å². The van der Waals surface area contributed by atoms with E-state index in [1.165, 1.54) is 22.3 Å². The van der Waals surface area contributed by atoms with Gasteiger partial charge in [-0.2, -0.15) is 0 Å². The smallest absolute Gasteiger partial charge is 0.249 e. The van der Waals surface area contributed by atoms with Crippen molar-refractivity contribution in [3.63, 3.8) is 0 Å². The first-order chi connectivity index (χ1) is 13.3. The van der Waals surface area contributed by atoms with Crippen LogP contribution in [0.4, 0.5) is 0 Å². The summed E-state index contributed by atoms with van der Waals surface area (Å²) in [6, 6.07) is 17.6. The van der Waals surface area contributed by atoms with Crippen LogP contribution in [0.2, 0.25) is 0 Å². The number of rotatable bonds is 4. The van der Waals surface area contributed by atoms with Crippen LogP contribution in [0.25, 0.3) is 0 Å². The number of carbonyl (C=O) groups excluding carboxylic acids is 1. The zero-order valence-corrected chi connectivity index (χ0v) is 15.4. The number of benzene rings is 2. The lowest BCUT2D eigenvalue weighted by Crippen LogP contribution is -2.42. The van der Waals surface area contributed by atoms with Gasteiger partial charge in [0.1, 0.15) is 6.10 Å². The lowest BCUT2D eigenvalue weighted by atomic mass is 9.59. The van der Waals surface area contributed by atoms with Gasteiger partial charge in [-0.05, 0) is 47.4 Å². The van der Waals surface area contributed by atoms with Crippen molar-refractivity contribution in [3.05, 3.63) is 70.8 Å². The first-order valence-corrected chi connectivity index (χ1v) is 10.1. The van der Waals surface area contributed by atoms with Crippen LogP contribution in [-0.4, -0.2) is 31.2 Å². The van der Waals surface area contributed by atoms with Gasteiger partial charge in [-0.1, -0.05) is 48.5 Å². The molecule has 2 aromatic rings. The predicted molar refractivity (Wildman–Crippen MR) is 105 cm³/mol. The molecule has 1 saturated heterocycles. The molecule has 0 radical (unpaired) electrons. The molecule has 4 heteroatoms. The Bertz CT molecular complexity index is 817. The normalized spacial score (nSPS) is 30.6. The van der Waals surface area contributed by atoms with Gasteiger partial charge in [0.25, 0.3) is 0 Å². The van der Waals surface area contributed by atoms with Gasteiger partial charge in [-0.15, -0.1) is 0 Å². The van der Waals surface area contributed by atoms with Gasteiger partial charge in [-0.3, -0.25) is 4.79 Å². The van der Waals surface area contributed by atoms with E-state index < -0.39 is 0 Å². The number of carbonyl (C=O) groups is 1. The lowest BCUT2D eigenvalue weighted by Gasteiger charge is -2.45. The fourth-order valence-electron chi connectivity index (χ4n) is 5.38. The third-order valence-electron chi connectivity index (χ3n) is 6.62. The van der Waals surface area contributed by atoms with E-state index in [0.717, 1.165) is 19.3 Å². The molecule has 140 valence electrons. The fraction of sp³-hybridized carbons (Fsp3) is 0.435. The maximum Gasteiger partial charge on any atom is 0.249 e. The van der Waals surface area contributed by atoms with Gasteiger partial charge in [0.2, 0.25) is 5.91 Å². The predicted octanol–water partition coefficient (Wildman–Crippen LogP) is 2.91. The maximum atomic E-state index is 12.6. The number of hydrogen-bond donors (Lipinski definition) is 2. The summed E-state index contributed by atoms with van der Waals surface area (Å²) in [4.78, 5) is 12.6. The number of amides is 1. The van der Waals surface area contributed by atoms with Crippen LogP contribution in [-0.2, 0) is 9.53 Å². The monoisotopic (exact) mass is 362 g/mol. The van der Waals surface area contributed by atoms with Crippen molar-refractivity contribution in [2.24, 2.45) is 11.7 Å². The summed E-state index contributed by atoms with van der Waals surface area (Å²) in [5.74, 6) is 1.25. The number of fused-ring (bicyclic) bond motifs is 1. The highest BCUT2D eigenvalue weighted by Gasteiger charge is 2.43. The molecule has 1 amide bonds. The third-order valence-corrected chi connectivity index (χ3v) is 6.62. The third kappa shape index (κ3) is 2.79. The molecular weight excluding hydrogens is 336 g/mol. The molecule has 2 bridgehead atoms. The van der Waals surface area contributed by atoms with E-state index in [4.69, 9.17) is 10.5 Å². The van der Waals surface area contributed by atoms with Crippen LogP contribution >= 0.6 is 0 Å². The second kappa shape index (κ2) is 6.77. The topological polar surface area (TPSA) is 64.4 Å². The molecule has 3 atom stereocenters. The maximum absolute atomic E-state index is 12.6. The van der Waals surface area contributed by atoms with Crippen LogP contribution in [0.3, 0.4) is 0 Å². The van der Waals surface area contributed by atoms with Crippen LogP contribution in [0, 0.1) is 5.92 Å². The van der Waals surface area contributed by atoms with Crippen LogP contribution in [0.15, 0.2) is 48.5 Å². The molecule has 0 spiro atoms. The molecule has 1 aliphatic heterocycles. The average Bonchev–Trinajstić information content (AvgIpc) is 3.22. The molecule has 0 aromatic heterocycles. The Morgan fingerprint density at radius 1 is 1.00 bits per heavy atom. The molecule has 1 fully saturated rings. The summed E-state index contributed by atoms with van der Waals surface area (Å²) in [5, 5.41) is 3.18. The lowest BCUT2D eigenvalue weighted by molar-refractivity contribution is -0.132. The summed E-state index contributed by atoms with van der Waals surface area (Å²) in [7, 11) is 0. The molecule has 2 aromatic carbocycles. The van der Waals surface area contributed by atoms with Crippen LogP contribution in [0.1, 0.15) is 53.4 Å². The number of ether oxygens (including phenoxy) is 1. The molecule has 0 saturated carbocycles. The summed E-state index contributed by atoms with van der Waals surface area (Å²) >= 11 is 0. The van der Waals surface area contributed by atoms with Crippen molar-refractivity contribution in [2.75, 3.05) is 13.1 Å². The molecule has 4 aliphatic rings. The minimum absolute atomic E-state index is 0.0222. The first kappa shape index (κ1) is 17.0. The summed E-state index contributed by atoms with van der Waals surface area (Å²) < 4.78 is 5.75. The standard InChI is InChI=1S/C23H26N2O2/c24-12-15-9-10-21(27-15)23(26)25-13-14-11-20-16-5-1-3-7-18(16)22(14)19-8-4-2-6-17(19)20/h1-8,14-15,20-22H,9-13,24H2,(H,25,26)/t14?,15-,20?,21+,22?/m1/s1. The second-order valence-corrected chi connectivity index (χ2v) is 8.09. The van der Waals surface area contributed by atoms with E-state index in [-0.39, 0.29) is 18.1 Å². The Hall–Kier alpha value is -2.17. The average molecular weight is 362 g/mol. The van der Waals surface area contributed by atoms with Gasteiger partial charge in [0.05, 0.1) is 6.10 Å². The number of hydrogen-bond acceptors (Lipinski definition) is 3. The molecule has 4 nitrogen and oxygen atoms in total. The Balaban J connectivity index is 1.36. The molecule has 1 heterocycles. The number of nitrogens with one attached hydrogen (secondary N) is 1. The Labute approximate surface area is 160 Å². The first-order valence-electron chi connectivity index (χ1n) is 10.1. The van der Waals surface area contributed by atoms with Gasteiger partial charge in [-0.25, -0.2) is 0 Å². The minimum atomic E-state index is -0.334. The Kier molecular flexibility index (Phi) is 4.25. The molecule has 27 heavy (non-hydrogen) atoms. The zero-order chi connectivity index (χ0) is 18.4. The summed E-state index contributed by atoms with van der Waals surface area (Å²) in [6.45, 7) is 1.19. The molecule has 3 N–H and O–H groups in total. The molecule has 3 aliphatic carbocycles. The molecule has 6 rings (SSSR count). The van der Waals surface area contributed by atoms with Gasteiger partial charge >= 0.3 is 0 Å². The van der Waals surface area contributed by atoms with E-state index in [1.54, 1.807) is 0 Å². The highest BCUT2D eigenvalue weighted by molar-refractivity contribution is 5.81. The van der Waals surface area contributed by atoms with Crippen molar-refractivity contribution in [2.45, 2.75) is 43.3 Å². The fourth-order valence-corrected chi connectivity index (χ4v) is 5.38. The molecule has 1 unspecified atom stereocenters. The highest BCUT2D eigenvalue weighted by Crippen LogP contribution is 2.55. The SMILES string of the molecule is NC[C@H]1CC[C@@H](C(=O)NCC2CC3c4ccccc4C2c2ccccc23)O1. The van der Waals surface area contributed by atoms with E-state index in [9.17, 15) is 4.79 Å². The second-order valence-electron chi connectivity index (χ2n) is 8.09. The summed E-state index contributed by atoms with van der Waals surface area (Å²) in [5.41, 5.74) is 11.5. The molecular formula is C23H26N2O2. The Morgan fingerprint density at radius 3 is 2.22 bits per heavy atom. The summed E-state index contributed by atoms with van der Waals surface area (Å²) in [6.07, 6.45) is 2.44. The minimum Gasteiger partial charge on any atom is -0.364 e. The number of nitrogens with two attached hydrogens (primary N) is 1. The van der Waals surface area contributed by atoms with E-state index in [2.05, 4.69) is 53.8 Å². The zero-order valence-electron chi connectivity index (χ0n) is 15.4. The van der Waals surface area contributed by atoms with Gasteiger partial charge < -0.3 is 15.8 Å². The van der Waals surface area contributed by atoms with Crippen molar-refractivity contribution in [1.29, 1.82) is 0 Å². The van der Waals surface area contributed by atoms with Crippen molar-refractivity contribution in [1.82, 2.24) is 5.32 Å². The largest absolute Gasteiger partial charge is 0.364 e. The van der Waals surface area contributed by atoms with Crippen molar-refractivity contribution >= 4 is 5.91 Å². The highest BCUT2D eigenvalue weighted by atomic mass is 16.5. The van der Waals surface area contributed by atoms with Crippen LogP contribution < -0.4 is 11.1 Å². The van der Waals surface area contributed by atoms with Crippen molar-refractivity contribution < 1.29 is 9.53 Å². The van der Waals surface area contributed by atoms with Crippen LogP contribution in [0.5, 0.6) is 0 Å². The van der Waals surface area contributed by atoms with Crippen molar-refractivity contribution in [3.8, 4) is 0 Å². The van der Waals surface area contributed by atoms with Gasteiger partial charge in [0.15, 0.2) is 0 Å². The van der Waals surface area contributed by atoms with E-state index in [0.29, 0.717) is 30.8 Å². The quantitative estimate of drug-likeness (QED) is 0.879. The van der Waals surface area contributed by atoms with Gasteiger partial charge in [0, 0.05) is 24.9 Å². The Morgan fingerprint density at radius 2 is 1.63 bits per heavy atom. The van der Waals surface area contributed by atoms with E-state index in [1.807, 2.05) is 0 Å².